The maximum atomic E-state index is 12.9. The number of benzene rings is 1. The van der Waals surface area contributed by atoms with Crippen LogP contribution in [0, 0.1) is 0 Å². The number of aliphatic hydroxyl groups excluding tert-OH is 1. The minimum absolute atomic E-state index is 0.167. The fraction of sp³-hybridized carbons (Fsp3) is 0.364. The Bertz CT molecular complexity index is 1030. The molecule has 0 spiro atoms. The molecule has 2 heterocycles. The number of aliphatic hydroxyl groups is 1. The fourth-order valence-corrected chi connectivity index (χ4v) is 4.41. The number of aromatic nitrogens is 2. The Balaban J connectivity index is 1.92. The third-order valence-electron chi connectivity index (χ3n) is 4.74. The number of aromatic amines is 1. The van der Waals surface area contributed by atoms with E-state index in [0.717, 1.165) is 29.7 Å². The van der Waals surface area contributed by atoms with Gasteiger partial charge in [-0.25, -0.2) is 4.98 Å². The van der Waals surface area contributed by atoms with Gasteiger partial charge in [0.25, 0.3) is 5.56 Å². The number of fused-ring (bicyclic) bond motifs is 1. The van der Waals surface area contributed by atoms with Gasteiger partial charge in [0.1, 0.15) is 16.4 Å². The maximum Gasteiger partial charge on any atom is 0.260 e. The van der Waals surface area contributed by atoms with Crippen molar-refractivity contribution in [2.45, 2.75) is 32.4 Å². The van der Waals surface area contributed by atoms with Gasteiger partial charge in [-0.15, -0.1) is 17.9 Å². The van der Waals surface area contributed by atoms with Gasteiger partial charge in [-0.05, 0) is 12.5 Å². The summed E-state index contributed by atoms with van der Waals surface area (Å²) in [5.74, 6) is 1.30. The van der Waals surface area contributed by atoms with Crippen molar-refractivity contribution in [1.82, 2.24) is 14.9 Å². The molecule has 0 fully saturated rings. The zero-order valence-corrected chi connectivity index (χ0v) is 17.7. The molecule has 6 nitrogen and oxygen atoms in total. The number of rotatable bonds is 10. The van der Waals surface area contributed by atoms with Crippen molar-refractivity contribution in [2.24, 2.45) is 0 Å². The number of hydrogen-bond donors (Lipinski definition) is 2. The summed E-state index contributed by atoms with van der Waals surface area (Å²) in [5, 5.41) is 12.7. The highest BCUT2D eigenvalue weighted by molar-refractivity contribution is 7.17. The molecule has 1 atom stereocenters. The first-order valence-corrected chi connectivity index (χ1v) is 10.6. The predicted octanol–water partition coefficient (Wildman–Crippen LogP) is 3.81. The molecule has 3 aromatic rings. The molecule has 0 saturated heterocycles. The van der Waals surface area contributed by atoms with E-state index in [4.69, 9.17) is 4.74 Å². The SMILES string of the molecule is C=CCN(Cc1nc2scc(-c3ccccc3OC)c2c(=O)[nH]1)C[C@@H](O)CCC. The van der Waals surface area contributed by atoms with E-state index in [-0.39, 0.29) is 5.56 Å². The van der Waals surface area contributed by atoms with Crippen LogP contribution >= 0.6 is 11.3 Å². The lowest BCUT2D eigenvalue weighted by atomic mass is 10.1. The van der Waals surface area contributed by atoms with Crippen LogP contribution < -0.4 is 10.3 Å². The molecule has 29 heavy (non-hydrogen) atoms. The van der Waals surface area contributed by atoms with Crippen molar-refractivity contribution in [3.05, 3.63) is 58.5 Å². The van der Waals surface area contributed by atoms with E-state index in [1.54, 1.807) is 13.2 Å². The molecule has 2 aromatic heterocycles. The Labute approximate surface area is 174 Å². The van der Waals surface area contributed by atoms with Crippen LogP contribution in [0.3, 0.4) is 0 Å². The van der Waals surface area contributed by atoms with Crippen molar-refractivity contribution in [3.8, 4) is 16.9 Å². The Morgan fingerprint density at radius 3 is 2.90 bits per heavy atom. The van der Waals surface area contributed by atoms with Crippen LogP contribution in [-0.4, -0.2) is 46.3 Å². The molecule has 2 N–H and O–H groups in total. The van der Waals surface area contributed by atoms with Gasteiger partial charge in [-0.1, -0.05) is 37.6 Å². The number of nitrogens with one attached hydrogen (secondary N) is 1. The van der Waals surface area contributed by atoms with Crippen LogP contribution in [-0.2, 0) is 6.54 Å². The van der Waals surface area contributed by atoms with Crippen LogP contribution in [0.15, 0.2) is 47.1 Å². The molecular formula is C22H27N3O3S. The second-order valence-corrected chi connectivity index (χ2v) is 7.83. The highest BCUT2D eigenvalue weighted by atomic mass is 32.1. The van der Waals surface area contributed by atoms with Gasteiger partial charge in [0.05, 0.1) is 25.1 Å². The summed E-state index contributed by atoms with van der Waals surface area (Å²) in [5.41, 5.74) is 1.53. The molecule has 0 saturated carbocycles. The standard InChI is InChI=1S/C22H27N3O3S/c1-4-8-15(26)12-25(11-5-2)13-19-23-21(27)20-17(14-29-22(20)24-19)16-9-6-7-10-18(16)28-3/h5-7,9-10,14-15,26H,2,4,8,11-13H2,1,3H3,(H,23,24,27)/t15-/m0/s1. The molecule has 3 rings (SSSR count). The first-order chi connectivity index (χ1) is 14.1. The van der Waals surface area contributed by atoms with E-state index in [9.17, 15) is 9.90 Å². The predicted molar refractivity (Wildman–Crippen MR) is 119 cm³/mol. The molecule has 0 aliphatic heterocycles. The molecule has 0 amide bonds. The molecule has 154 valence electrons. The van der Waals surface area contributed by atoms with Crippen LogP contribution in [0.2, 0.25) is 0 Å². The third kappa shape index (κ3) is 4.93. The summed E-state index contributed by atoms with van der Waals surface area (Å²) in [4.78, 5) is 23.2. The molecule has 0 radical (unpaired) electrons. The van der Waals surface area contributed by atoms with Crippen LogP contribution in [0.4, 0.5) is 0 Å². The minimum Gasteiger partial charge on any atom is -0.496 e. The molecule has 0 aliphatic carbocycles. The number of H-pyrrole nitrogens is 1. The average Bonchev–Trinajstić information content (AvgIpc) is 3.12. The van der Waals surface area contributed by atoms with Crippen molar-refractivity contribution in [2.75, 3.05) is 20.2 Å². The van der Waals surface area contributed by atoms with Crippen molar-refractivity contribution < 1.29 is 9.84 Å². The quantitative estimate of drug-likeness (QED) is 0.494. The summed E-state index contributed by atoms with van der Waals surface area (Å²) in [6.45, 7) is 7.40. The van der Waals surface area contributed by atoms with Crippen molar-refractivity contribution in [3.63, 3.8) is 0 Å². The van der Waals surface area contributed by atoms with Crippen LogP contribution in [0.5, 0.6) is 5.75 Å². The van der Waals surface area contributed by atoms with Crippen molar-refractivity contribution >= 4 is 21.6 Å². The minimum atomic E-state index is -0.408. The normalized spacial score (nSPS) is 12.4. The number of methoxy groups -OCH3 is 1. The zero-order chi connectivity index (χ0) is 20.8. The van der Waals surface area contributed by atoms with Gasteiger partial charge in [0, 0.05) is 29.6 Å². The molecule has 0 bridgehead atoms. The number of ether oxygens (including phenoxy) is 1. The summed E-state index contributed by atoms with van der Waals surface area (Å²) in [6.07, 6.45) is 3.05. The monoisotopic (exact) mass is 413 g/mol. The van der Waals surface area contributed by atoms with Gasteiger partial charge >= 0.3 is 0 Å². The van der Waals surface area contributed by atoms with E-state index in [1.807, 2.05) is 41.5 Å². The summed E-state index contributed by atoms with van der Waals surface area (Å²) >= 11 is 1.44. The second kappa shape index (κ2) is 9.82. The van der Waals surface area contributed by atoms with E-state index in [0.29, 0.717) is 35.7 Å². The largest absolute Gasteiger partial charge is 0.496 e. The smallest absolute Gasteiger partial charge is 0.260 e. The van der Waals surface area contributed by atoms with Gasteiger partial charge < -0.3 is 14.8 Å². The summed E-state index contributed by atoms with van der Waals surface area (Å²) < 4.78 is 5.45. The molecular weight excluding hydrogens is 386 g/mol. The summed E-state index contributed by atoms with van der Waals surface area (Å²) in [7, 11) is 1.62. The van der Waals surface area contributed by atoms with Crippen LogP contribution in [0.1, 0.15) is 25.6 Å². The Morgan fingerprint density at radius 1 is 1.38 bits per heavy atom. The first-order valence-electron chi connectivity index (χ1n) is 9.72. The fourth-order valence-electron chi connectivity index (χ4n) is 3.45. The van der Waals surface area contributed by atoms with E-state index >= 15 is 0 Å². The first kappa shape index (κ1) is 21.2. The van der Waals surface area contributed by atoms with Crippen molar-refractivity contribution in [1.29, 1.82) is 0 Å². The average molecular weight is 414 g/mol. The van der Waals surface area contributed by atoms with E-state index < -0.39 is 6.10 Å². The maximum absolute atomic E-state index is 12.9. The van der Waals surface area contributed by atoms with Gasteiger partial charge in [-0.2, -0.15) is 0 Å². The molecule has 1 aromatic carbocycles. The molecule has 0 aliphatic rings. The number of nitrogens with zero attached hydrogens (tertiary/aromatic N) is 2. The summed E-state index contributed by atoms with van der Waals surface area (Å²) in [6, 6.07) is 7.64. The number of hydrogen-bond acceptors (Lipinski definition) is 6. The van der Waals surface area contributed by atoms with E-state index in [1.165, 1.54) is 11.3 Å². The highest BCUT2D eigenvalue weighted by Gasteiger charge is 2.17. The lowest BCUT2D eigenvalue weighted by Crippen LogP contribution is -2.33. The lowest BCUT2D eigenvalue weighted by molar-refractivity contribution is 0.106. The zero-order valence-electron chi connectivity index (χ0n) is 16.9. The molecule has 7 heteroatoms. The third-order valence-corrected chi connectivity index (χ3v) is 5.61. The number of para-hydroxylation sites is 1. The molecule has 0 unspecified atom stereocenters. The van der Waals surface area contributed by atoms with Gasteiger partial charge in [-0.3, -0.25) is 9.69 Å². The lowest BCUT2D eigenvalue weighted by Gasteiger charge is -2.23. The Hall–Kier alpha value is -2.48. The van der Waals surface area contributed by atoms with Crippen LogP contribution in [0.25, 0.3) is 21.3 Å². The van der Waals surface area contributed by atoms with E-state index in [2.05, 4.69) is 16.5 Å². The Morgan fingerprint density at radius 2 is 2.17 bits per heavy atom. The number of thiophene rings is 1. The Kier molecular flexibility index (Phi) is 7.19. The topological polar surface area (TPSA) is 78.5 Å². The van der Waals surface area contributed by atoms with Gasteiger partial charge in [0.2, 0.25) is 0 Å². The second-order valence-electron chi connectivity index (χ2n) is 6.97. The van der Waals surface area contributed by atoms with Gasteiger partial charge in [0.15, 0.2) is 0 Å². The highest BCUT2D eigenvalue weighted by Crippen LogP contribution is 2.36.